The first-order chi connectivity index (χ1) is 13.7. The van der Waals surface area contributed by atoms with Crippen LogP contribution in [0, 0.1) is 0 Å². The number of rotatable bonds is 7. The van der Waals surface area contributed by atoms with Crippen molar-refractivity contribution in [1.29, 1.82) is 0 Å². The molecule has 0 saturated heterocycles. The first-order valence-corrected chi connectivity index (χ1v) is 11.4. The van der Waals surface area contributed by atoms with Crippen LogP contribution in [0.3, 0.4) is 0 Å². The molecule has 9 heteroatoms. The molecule has 150 valence electrons. The molecule has 0 spiro atoms. The van der Waals surface area contributed by atoms with E-state index in [1.54, 1.807) is 22.3 Å². The van der Waals surface area contributed by atoms with E-state index in [2.05, 4.69) is 11.9 Å². The van der Waals surface area contributed by atoms with E-state index in [4.69, 9.17) is 0 Å². The number of amides is 1. The van der Waals surface area contributed by atoms with Crippen LogP contribution in [0.2, 0.25) is 0 Å². The second kappa shape index (κ2) is 8.16. The van der Waals surface area contributed by atoms with Crippen molar-refractivity contribution in [3.63, 3.8) is 0 Å². The van der Waals surface area contributed by atoms with Gasteiger partial charge < -0.3 is 5.32 Å². The third-order valence-corrected chi connectivity index (χ3v) is 7.66. The molecular weight excluding hydrogens is 412 g/mol. The standard InChI is InChI=1S/C20H18N2O5S2/c1-2-20(23)21-14-15-7-10-18(11-8-15)28(24,25)22-29(26,27)19-12-9-16-5-3-4-6-17(16)13-19/h2-13,22H,1,14H2,(H,21,23). The molecular formula is C20H18N2O5S2. The highest BCUT2D eigenvalue weighted by Gasteiger charge is 2.24. The minimum atomic E-state index is -4.31. The summed E-state index contributed by atoms with van der Waals surface area (Å²) in [7, 11) is -8.61. The number of nitrogens with one attached hydrogen (secondary N) is 2. The SMILES string of the molecule is C=CC(=O)NCc1ccc(S(=O)(=O)NS(=O)(=O)c2ccc3ccccc3c2)cc1. The molecule has 1 amide bonds. The molecule has 2 N–H and O–H groups in total. The molecule has 3 aromatic carbocycles. The molecule has 0 heterocycles. The molecule has 3 rings (SSSR count). The summed E-state index contributed by atoms with van der Waals surface area (Å²) in [5.74, 6) is -0.357. The summed E-state index contributed by atoms with van der Waals surface area (Å²) >= 11 is 0. The Bertz CT molecular complexity index is 1280. The molecule has 0 bridgehead atoms. The van der Waals surface area contributed by atoms with Crippen LogP contribution in [-0.4, -0.2) is 22.7 Å². The van der Waals surface area contributed by atoms with Gasteiger partial charge in [0.25, 0.3) is 20.0 Å². The summed E-state index contributed by atoms with van der Waals surface area (Å²) in [6, 6.07) is 17.1. The van der Waals surface area contributed by atoms with Gasteiger partial charge in [0.15, 0.2) is 0 Å². The minimum absolute atomic E-state index is 0.150. The Hall–Kier alpha value is -3.01. The van der Waals surface area contributed by atoms with E-state index in [0.29, 0.717) is 10.9 Å². The van der Waals surface area contributed by atoms with Crippen molar-refractivity contribution in [3.05, 3.63) is 84.9 Å². The summed E-state index contributed by atoms with van der Waals surface area (Å²) in [6.45, 7) is 3.53. The van der Waals surface area contributed by atoms with Crippen LogP contribution >= 0.6 is 0 Å². The van der Waals surface area contributed by atoms with Gasteiger partial charge in [-0.1, -0.05) is 49.0 Å². The van der Waals surface area contributed by atoms with Gasteiger partial charge in [-0.3, -0.25) is 4.79 Å². The van der Waals surface area contributed by atoms with E-state index in [9.17, 15) is 21.6 Å². The normalized spacial score (nSPS) is 11.9. The van der Waals surface area contributed by atoms with Crippen LogP contribution in [0.1, 0.15) is 5.56 Å². The number of fused-ring (bicyclic) bond motifs is 1. The molecule has 29 heavy (non-hydrogen) atoms. The third kappa shape index (κ3) is 4.89. The van der Waals surface area contributed by atoms with Crippen molar-refractivity contribution >= 4 is 36.7 Å². The van der Waals surface area contributed by atoms with Gasteiger partial charge in [0.1, 0.15) is 0 Å². The lowest BCUT2D eigenvalue weighted by molar-refractivity contribution is -0.116. The molecule has 0 aliphatic carbocycles. The third-order valence-electron chi connectivity index (χ3n) is 4.14. The van der Waals surface area contributed by atoms with Crippen LogP contribution in [0.5, 0.6) is 0 Å². The Morgan fingerprint density at radius 1 is 0.828 bits per heavy atom. The van der Waals surface area contributed by atoms with Gasteiger partial charge in [0.2, 0.25) is 5.91 Å². The smallest absolute Gasteiger partial charge is 0.253 e. The first-order valence-electron chi connectivity index (χ1n) is 8.48. The second-order valence-corrected chi connectivity index (χ2v) is 9.79. The first kappa shape index (κ1) is 20.7. The van der Waals surface area contributed by atoms with Crippen LogP contribution in [0.4, 0.5) is 0 Å². The van der Waals surface area contributed by atoms with Crippen molar-refractivity contribution in [1.82, 2.24) is 9.44 Å². The summed E-state index contributed by atoms with van der Waals surface area (Å²) < 4.78 is 52.0. The van der Waals surface area contributed by atoms with E-state index < -0.39 is 20.0 Å². The fraction of sp³-hybridized carbons (Fsp3) is 0.0500. The summed E-state index contributed by atoms with van der Waals surface area (Å²) in [5.41, 5.74) is 0.650. The zero-order chi connectivity index (χ0) is 21.1. The van der Waals surface area contributed by atoms with Gasteiger partial charge in [-0.05, 0) is 46.7 Å². The summed E-state index contributed by atoms with van der Waals surface area (Å²) in [4.78, 5) is 10.8. The van der Waals surface area contributed by atoms with Gasteiger partial charge in [-0.2, -0.15) is 0 Å². The van der Waals surface area contributed by atoms with Crippen molar-refractivity contribution in [2.45, 2.75) is 16.3 Å². The predicted octanol–water partition coefficient (Wildman–Crippen LogP) is 2.31. The van der Waals surface area contributed by atoms with Crippen LogP contribution in [0.15, 0.2) is 89.2 Å². The molecule has 0 saturated carbocycles. The zero-order valence-corrected chi connectivity index (χ0v) is 16.8. The highest BCUT2D eigenvalue weighted by atomic mass is 32.3. The van der Waals surface area contributed by atoms with Crippen molar-refractivity contribution in [2.75, 3.05) is 0 Å². The number of carbonyl (C=O) groups is 1. The van der Waals surface area contributed by atoms with Crippen LogP contribution in [-0.2, 0) is 31.4 Å². The Balaban J connectivity index is 1.81. The average molecular weight is 431 g/mol. The number of sulfonamides is 2. The highest BCUT2D eigenvalue weighted by Crippen LogP contribution is 2.20. The molecule has 3 aromatic rings. The Labute approximate surface area is 169 Å². The Morgan fingerprint density at radius 2 is 1.41 bits per heavy atom. The van der Waals surface area contributed by atoms with Crippen molar-refractivity contribution in [2.24, 2.45) is 0 Å². The van der Waals surface area contributed by atoms with E-state index in [0.717, 1.165) is 11.5 Å². The minimum Gasteiger partial charge on any atom is -0.348 e. The van der Waals surface area contributed by atoms with Crippen LogP contribution < -0.4 is 9.44 Å². The summed E-state index contributed by atoms with van der Waals surface area (Å²) in [6.07, 6.45) is 1.13. The molecule has 0 unspecified atom stereocenters. The molecule has 0 aliphatic heterocycles. The molecule has 0 fully saturated rings. The van der Waals surface area contributed by atoms with E-state index in [-0.39, 0.29) is 22.2 Å². The highest BCUT2D eigenvalue weighted by molar-refractivity contribution is 8.04. The van der Waals surface area contributed by atoms with Gasteiger partial charge in [0.05, 0.1) is 9.79 Å². The lowest BCUT2D eigenvalue weighted by atomic mass is 10.1. The molecule has 0 atom stereocenters. The maximum Gasteiger partial charge on any atom is 0.253 e. The molecule has 7 nitrogen and oxygen atoms in total. The van der Waals surface area contributed by atoms with Crippen LogP contribution in [0.25, 0.3) is 10.8 Å². The number of benzene rings is 3. The molecule has 0 radical (unpaired) electrons. The fourth-order valence-electron chi connectivity index (χ4n) is 2.62. The fourth-order valence-corrected chi connectivity index (χ4v) is 5.57. The summed E-state index contributed by atoms with van der Waals surface area (Å²) in [5, 5.41) is 4.08. The van der Waals surface area contributed by atoms with Gasteiger partial charge in [-0.25, -0.2) is 16.8 Å². The molecule has 0 aromatic heterocycles. The Kier molecular flexibility index (Phi) is 5.83. The van der Waals surface area contributed by atoms with Gasteiger partial charge in [0, 0.05) is 6.54 Å². The Morgan fingerprint density at radius 3 is 2.07 bits per heavy atom. The topological polar surface area (TPSA) is 109 Å². The maximum atomic E-state index is 12.6. The lowest BCUT2D eigenvalue weighted by Crippen LogP contribution is -2.30. The maximum absolute atomic E-state index is 12.6. The monoisotopic (exact) mass is 430 g/mol. The number of hydrogen-bond acceptors (Lipinski definition) is 5. The van der Waals surface area contributed by atoms with Gasteiger partial charge >= 0.3 is 0 Å². The quantitative estimate of drug-likeness (QED) is 0.559. The van der Waals surface area contributed by atoms with E-state index in [1.165, 1.54) is 36.4 Å². The van der Waals surface area contributed by atoms with Crippen molar-refractivity contribution < 1.29 is 21.6 Å². The van der Waals surface area contributed by atoms with Gasteiger partial charge in [-0.15, -0.1) is 4.13 Å². The van der Waals surface area contributed by atoms with Crippen molar-refractivity contribution in [3.8, 4) is 0 Å². The second-order valence-electron chi connectivity index (χ2n) is 6.17. The largest absolute Gasteiger partial charge is 0.348 e. The molecule has 0 aliphatic rings. The number of hydrogen-bond donors (Lipinski definition) is 2. The zero-order valence-electron chi connectivity index (χ0n) is 15.2. The van der Waals surface area contributed by atoms with E-state index in [1.807, 2.05) is 12.1 Å². The number of carbonyl (C=O) groups excluding carboxylic acids is 1. The average Bonchev–Trinajstić information content (AvgIpc) is 2.71. The predicted molar refractivity (Wildman–Crippen MR) is 110 cm³/mol. The lowest BCUT2D eigenvalue weighted by Gasteiger charge is -2.10. The van der Waals surface area contributed by atoms with E-state index >= 15 is 0 Å².